The normalized spacial score (nSPS) is 11.3. The maximum Gasteiger partial charge on any atom is 0.191 e. The molecule has 0 bridgehead atoms. The Bertz CT molecular complexity index is 592. The van der Waals surface area contributed by atoms with Crippen LogP contribution >= 0.6 is 0 Å². The molecule has 0 N–H and O–H groups in total. The van der Waals surface area contributed by atoms with E-state index in [4.69, 9.17) is 14.2 Å². The second-order valence-electron chi connectivity index (χ2n) is 4.73. The number of halogens is 1. The van der Waals surface area contributed by atoms with Crippen molar-refractivity contribution in [2.24, 2.45) is 0 Å². The fraction of sp³-hybridized carbons (Fsp3) is 0.412. The van der Waals surface area contributed by atoms with Crippen LogP contribution in [0.2, 0.25) is 0 Å². The average Bonchev–Trinajstić information content (AvgIpc) is 2.46. The number of ether oxygens (including phenoxy) is 3. The quantitative estimate of drug-likeness (QED) is 0.720. The molecule has 0 heterocycles. The van der Waals surface area contributed by atoms with Crippen LogP contribution in [0.4, 0.5) is 4.39 Å². The summed E-state index contributed by atoms with van der Waals surface area (Å²) < 4.78 is 30.4. The first kappa shape index (κ1) is 15.7. The summed E-state index contributed by atoms with van der Waals surface area (Å²) in [6.07, 6.45) is -0.480. The molecule has 4 heteroatoms. The van der Waals surface area contributed by atoms with Crippen molar-refractivity contribution in [3.8, 4) is 5.75 Å². The van der Waals surface area contributed by atoms with E-state index in [1.165, 1.54) is 6.07 Å². The molecule has 0 atom stereocenters. The second kappa shape index (κ2) is 7.38. The van der Waals surface area contributed by atoms with Crippen molar-refractivity contribution in [3.05, 3.63) is 41.7 Å². The molecule has 0 aromatic heterocycles. The van der Waals surface area contributed by atoms with Gasteiger partial charge < -0.3 is 14.2 Å². The highest BCUT2D eigenvalue weighted by molar-refractivity contribution is 5.87. The molecule has 0 saturated heterocycles. The minimum Gasteiger partial charge on any atom is -0.485 e. The summed E-state index contributed by atoms with van der Waals surface area (Å²) in [5.41, 5.74) is 1.09. The summed E-state index contributed by atoms with van der Waals surface area (Å²) in [4.78, 5) is 0. The topological polar surface area (TPSA) is 27.7 Å². The van der Waals surface area contributed by atoms with E-state index in [0.29, 0.717) is 13.2 Å². The molecule has 0 spiro atoms. The summed E-state index contributed by atoms with van der Waals surface area (Å²) >= 11 is 0. The number of hydrogen-bond acceptors (Lipinski definition) is 3. The minimum atomic E-state index is -0.480. The summed E-state index contributed by atoms with van der Waals surface area (Å²) in [7, 11) is 0. The van der Waals surface area contributed by atoms with Gasteiger partial charge in [-0.25, -0.2) is 4.39 Å². The van der Waals surface area contributed by atoms with Crippen LogP contribution in [0, 0.1) is 12.7 Å². The third kappa shape index (κ3) is 3.93. The predicted octanol–water partition coefficient (Wildman–Crippen LogP) is 4.07. The third-order valence-electron chi connectivity index (χ3n) is 3.23. The molecule has 114 valence electrons. The Labute approximate surface area is 124 Å². The summed E-state index contributed by atoms with van der Waals surface area (Å²) in [5.74, 6) is -0.152. The van der Waals surface area contributed by atoms with Crippen LogP contribution in [0.5, 0.6) is 5.75 Å². The van der Waals surface area contributed by atoms with Gasteiger partial charge in [-0.05, 0) is 49.2 Å². The average molecular weight is 292 g/mol. The first-order chi connectivity index (χ1) is 10.2. The van der Waals surface area contributed by atoms with Crippen molar-refractivity contribution >= 4 is 10.8 Å². The van der Waals surface area contributed by atoms with Crippen LogP contribution in [0.25, 0.3) is 10.8 Å². The molecule has 0 aliphatic heterocycles. The van der Waals surface area contributed by atoms with Gasteiger partial charge in [-0.15, -0.1) is 0 Å². The van der Waals surface area contributed by atoms with Gasteiger partial charge in [0.15, 0.2) is 17.9 Å². The molecule has 0 unspecified atom stereocenters. The third-order valence-corrected chi connectivity index (χ3v) is 3.23. The van der Waals surface area contributed by atoms with E-state index in [9.17, 15) is 4.39 Å². The zero-order valence-corrected chi connectivity index (χ0v) is 12.7. The van der Waals surface area contributed by atoms with Gasteiger partial charge in [0.2, 0.25) is 0 Å². The standard InChI is InChI=1S/C17H21FO3/c1-4-19-17(20-5-2)11-21-16-10-14-12(3)7-6-8-13(14)9-15(16)18/h6-10,17H,4-5,11H2,1-3H3. The molecule has 21 heavy (non-hydrogen) atoms. The van der Waals surface area contributed by atoms with Gasteiger partial charge in [0.05, 0.1) is 0 Å². The molecule has 0 fully saturated rings. The summed E-state index contributed by atoms with van der Waals surface area (Å²) in [6.45, 7) is 6.96. The second-order valence-corrected chi connectivity index (χ2v) is 4.73. The van der Waals surface area contributed by atoms with Crippen LogP contribution in [-0.2, 0) is 9.47 Å². The van der Waals surface area contributed by atoms with E-state index in [1.54, 1.807) is 6.07 Å². The largest absolute Gasteiger partial charge is 0.485 e. The molecular weight excluding hydrogens is 271 g/mol. The zero-order valence-electron chi connectivity index (χ0n) is 12.7. The van der Waals surface area contributed by atoms with Crippen molar-refractivity contribution in [3.63, 3.8) is 0 Å². The lowest BCUT2D eigenvalue weighted by molar-refractivity contribution is -0.152. The maximum atomic E-state index is 14.1. The number of rotatable bonds is 7. The van der Waals surface area contributed by atoms with E-state index in [2.05, 4.69) is 0 Å². The molecule has 3 nitrogen and oxygen atoms in total. The number of fused-ring (bicyclic) bond motifs is 1. The van der Waals surface area contributed by atoms with Gasteiger partial charge in [-0.3, -0.25) is 0 Å². The van der Waals surface area contributed by atoms with Crippen LogP contribution < -0.4 is 4.74 Å². The van der Waals surface area contributed by atoms with Crippen LogP contribution in [-0.4, -0.2) is 26.1 Å². The molecule has 0 aliphatic carbocycles. The highest BCUT2D eigenvalue weighted by Gasteiger charge is 2.12. The smallest absolute Gasteiger partial charge is 0.191 e. The van der Waals surface area contributed by atoms with Gasteiger partial charge in [0.1, 0.15) is 6.61 Å². The monoisotopic (exact) mass is 292 g/mol. The van der Waals surface area contributed by atoms with Gasteiger partial charge >= 0.3 is 0 Å². The molecule has 2 rings (SSSR count). The fourth-order valence-corrected chi connectivity index (χ4v) is 2.22. The first-order valence-electron chi connectivity index (χ1n) is 7.20. The van der Waals surface area contributed by atoms with E-state index in [1.807, 2.05) is 39.0 Å². The number of benzene rings is 2. The number of aryl methyl sites for hydroxylation is 1. The highest BCUT2D eigenvalue weighted by Crippen LogP contribution is 2.27. The van der Waals surface area contributed by atoms with Gasteiger partial charge in [0, 0.05) is 13.2 Å². The van der Waals surface area contributed by atoms with Crippen molar-refractivity contribution < 1.29 is 18.6 Å². The first-order valence-corrected chi connectivity index (χ1v) is 7.20. The molecule has 0 aliphatic rings. The van der Waals surface area contributed by atoms with Crippen molar-refractivity contribution in [1.82, 2.24) is 0 Å². The van der Waals surface area contributed by atoms with E-state index in [-0.39, 0.29) is 18.2 Å². The molecule has 2 aromatic carbocycles. The van der Waals surface area contributed by atoms with Crippen molar-refractivity contribution in [1.29, 1.82) is 0 Å². The Kier molecular flexibility index (Phi) is 5.53. The van der Waals surface area contributed by atoms with Crippen LogP contribution in [0.3, 0.4) is 0 Å². The fourth-order valence-electron chi connectivity index (χ4n) is 2.22. The van der Waals surface area contributed by atoms with Crippen LogP contribution in [0.1, 0.15) is 19.4 Å². The SMILES string of the molecule is CCOC(COc1cc2c(C)cccc2cc1F)OCC. The molecule has 0 amide bonds. The molecule has 0 saturated carbocycles. The lowest BCUT2D eigenvalue weighted by Gasteiger charge is -2.18. The van der Waals surface area contributed by atoms with Crippen LogP contribution in [0.15, 0.2) is 30.3 Å². The zero-order chi connectivity index (χ0) is 15.2. The lowest BCUT2D eigenvalue weighted by atomic mass is 10.1. The van der Waals surface area contributed by atoms with Crippen molar-refractivity contribution in [2.75, 3.05) is 19.8 Å². The van der Waals surface area contributed by atoms with Gasteiger partial charge in [0.25, 0.3) is 0 Å². The summed E-state index contributed by atoms with van der Waals surface area (Å²) in [6, 6.07) is 9.02. The molecule has 2 aromatic rings. The van der Waals surface area contributed by atoms with Gasteiger partial charge in [-0.2, -0.15) is 0 Å². The Morgan fingerprint density at radius 1 is 1.10 bits per heavy atom. The highest BCUT2D eigenvalue weighted by atomic mass is 19.1. The molecular formula is C17H21FO3. The Hall–Kier alpha value is -1.65. The van der Waals surface area contributed by atoms with Crippen molar-refractivity contribution in [2.45, 2.75) is 27.1 Å². The predicted molar refractivity (Wildman–Crippen MR) is 81.2 cm³/mol. The molecule has 0 radical (unpaired) electrons. The number of hydrogen-bond donors (Lipinski definition) is 0. The summed E-state index contributed by atoms with van der Waals surface area (Å²) in [5, 5.41) is 1.85. The Morgan fingerprint density at radius 2 is 1.81 bits per heavy atom. The minimum absolute atomic E-state index is 0.163. The Morgan fingerprint density at radius 3 is 2.48 bits per heavy atom. The van der Waals surface area contributed by atoms with E-state index >= 15 is 0 Å². The Balaban J connectivity index is 2.17. The van der Waals surface area contributed by atoms with Gasteiger partial charge in [-0.1, -0.05) is 18.2 Å². The van der Waals surface area contributed by atoms with E-state index < -0.39 is 6.29 Å². The lowest BCUT2D eigenvalue weighted by Crippen LogP contribution is -2.25. The maximum absolute atomic E-state index is 14.1. The van der Waals surface area contributed by atoms with E-state index in [0.717, 1.165) is 16.3 Å².